The van der Waals surface area contributed by atoms with Crippen LogP contribution in [0.25, 0.3) is 0 Å². The monoisotopic (exact) mass is 400 g/mol. The first kappa shape index (κ1) is 18.1. The second-order valence-electron chi connectivity index (χ2n) is 4.26. The van der Waals surface area contributed by atoms with E-state index in [1.165, 1.54) is 0 Å². The molecule has 20 heavy (non-hydrogen) atoms. The van der Waals surface area contributed by atoms with E-state index in [1.807, 2.05) is 0 Å². The predicted octanol–water partition coefficient (Wildman–Crippen LogP) is 4.26. The lowest BCUT2D eigenvalue weighted by molar-refractivity contribution is 0.0930. The van der Waals surface area contributed by atoms with Crippen molar-refractivity contribution in [1.29, 1.82) is 0 Å². The molecule has 1 rings (SSSR count). The fraction of sp³-hybridized carbons (Fsp3) is 0.462. The molecular formula is C13H16BrCl3N2O. The fourth-order valence-corrected chi connectivity index (χ4v) is 2.15. The Morgan fingerprint density at radius 3 is 2.40 bits per heavy atom. The third-order valence-corrected chi connectivity index (χ3v) is 3.77. The Balaban J connectivity index is 2.68. The third-order valence-electron chi connectivity index (χ3n) is 2.59. The minimum atomic E-state index is -1.61. The summed E-state index contributed by atoms with van der Waals surface area (Å²) in [5, 5.41) is 5.73. The highest BCUT2D eigenvalue weighted by atomic mass is 79.9. The van der Waals surface area contributed by atoms with Gasteiger partial charge >= 0.3 is 0 Å². The van der Waals surface area contributed by atoms with Crippen LogP contribution >= 0.6 is 50.7 Å². The van der Waals surface area contributed by atoms with Crippen LogP contribution in [0.15, 0.2) is 28.7 Å². The average molecular weight is 403 g/mol. The molecule has 0 radical (unpaired) electrons. The summed E-state index contributed by atoms with van der Waals surface area (Å²) >= 11 is 21.0. The summed E-state index contributed by atoms with van der Waals surface area (Å²) in [5.74, 6) is -0.294. The largest absolute Gasteiger partial charge is 0.333 e. The zero-order chi connectivity index (χ0) is 15.2. The number of amides is 1. The van der Waals surface area contributed by atoms with Crippen molar-refractivity contribution in [3.63, 3.8) is 0 Å². The van der Waals surface area contributed by atoms with Gasteiger partial charge in [0.25, 0.3) is 5.91 Å². The van der Waals surface area contributed by atoms with Crippen molar-refractivity contribution in [2.24, 2.45) is 0 Å². The highest BCUT2D eigenvalue weighted by molar-refractivity contribution is 9.10. The van der Waals surface area contributed by atoms with E-state index in [0.29, 0.717) is 12.1 Å². The van der Waals surface area contributed by atoms with Gasteiger partial charge in [0.1, 0.15) is 6.17 Å². The van der Waals surface area contributed by atoms with Gasteiger partial charge in [-0.15, -0.1) is 0 Å². The maximum Gasteiger partial charge on any atom is 0.252 e. The fourth-order valence-electron chi connectivity index (χ4n) is 1.49. The summed E-state index contributed by atoms with van der Waals surface area (Å²) in [6.45, 7) is 2.72. The summed E-state index contributed by atoms with van der Waals surface area (Å²) < 4.78 is -0.716. The van der Waals surface area contributed by atoms with Crippen LogP contribution in [-0.2, 0) is 0 Å². The molecule has 0 unspecified atom stereocenters. The van der Waals surface area contributed by atoms with Gasteiger partial charge in [-0.2, -0.15) is 0 Å². The van der Waals surface area contributed by atoms with E-state index in [1.54, 1.807) is 24.3 Å². The zero-order valence-electron chi connectivity index (χ0n) is 10.9. The zero-order valence-corrected chi connectivity index (χ0v) is 14.8. The van der Waals surface area contributed by atoms with Gasteiger partial charge in [0, 0.05) is 10.0 Å². The van der Waals surface area contributed by atoms with Gasteiger partial charge in [-0.05, 0) is 37.2 Å². The predicted molar refractivity (Wildman–Crippen MR) is 88.6 cm³/mol. The minimum Gasteiger partial charge on any atom is -0.333 e. The molecule has 0 aliphatic heterocycles. The molecular weight excluding hydrogens is 386 g/mol. The normalized spacial score (nSPS) is 13.1. The van der Waals surface area contributed by atoms with Gasteiger partial charge in [0.2, 0.25) is 3.79 Å². The van der Waals surface area contributed by atoms with Crippen molar-refractivity contribution in [1.82, 2.24) is 10.6 Å². The van der Waals surface area contributed by atoms with Gasteiger partial charge < -0.3 is 5.32 Å². The number of unbranched alkanes of at least 4 members (excludes halogenated alkanes) is 1. The molecule has 0 bridgehead atoms. The van der Waals surface area contributed by atoms with Gasteiger partial charge in [0.15, 0.2) is 0 Å². The number of alkyl halides is 3. The molecule has 3 nitrogen and oxygen atoms in total. The molecule has 0 saturated heterocycles. The van der Waals surface area contributed by atoms with E-state index in [9.17, 15) is 4.79 Å². The Morgan fingerprint density at radius 2 is 1.90 bits per heavy atom. The molecule has 2 N–H and O–H groups in total. The summed E-state index contributed by atoms with van der Waals surface area (Å²) in [7, 11) is 0. The number of rotatable bonds is 6. The third kappa shape index (κ3) is 6.19. The number of nitrogens with one attached hydrogen (secondary N) is 2. The molecule has 0 fully saturated rings. The van der Waals surface area contributed by atoms with E-state index in [2.05, 4.69) is 33.5 Å². The smallest absolute Gasteiger partial charge is 0.252 e. The number of carbonyl (C=O) groups excluding carboxylic acids is 1. The SMILES string of the molecule is CCCCN[C@@H](NC(=O)c1ccc(Br)cc1)C(Cl)(Cl)Cl. The van der Waals surface area contributed by atoms with Crippen LogP contribution in [0, 0.1) is 0 Å². The van der Waals surface area contributed by atoms with E-state index in [-0.39, 0.29) is 5.91 Å². The molecule has 0 aliphatic carbocycles. The van der Waals surface area contributed by atoms with Crippen LogP contribution in [0.2, 0.25) is 0 Å². The molecule has 0 saturated carbocycles. The lowest BCUT2D eigenvalue weighted by Crippen LogP contribution is -2.53. The van der Waals surface area contributed by atoms with Crippen LogP contribution in [0.3, 0.4) is 0 Å². The summed E-state index contributed by atoms with van der Waals surface area (Å²) in [5.41, 5.74) is 0.504. The van der Waals surface area contributed by atoms with Gasteiger partial charge in [-0.25, -0.2) is 0 Å². The van der Waals surface area contributed by atoms with Crippen LogP contribution < -0.4 is 10.6 Å². The Labute approximate surface area is 142 Å². The molecule has 1 amide bonds. The lowest BCUT2D eigenvalue weighted by atomic mass is 10.2. The van der Waals surface area contributed by atoms with Crippen molar-refractivity contribution >= 4 is 56.6 Å². The highest BCUT2D eigenvalue weighted by Crippen LogP contribution is 2.29. The number of hydrogen-bond donors (Lipinski definition) is 2. The molecule has 0 heterocycles. The van der Waals surface area contributed by atoms with Gasteiger partial charge in [-0.1, -0.05) is 64.1 Å². The first-order valence-corrected chi connectivity index (χ1v) is 8.13. The number of hydrogen-bond acceptors (Lipinski definition) is 2. The molecule has 0 spiro atoms. The average Bonchev–Trinajstić information content (AvgIpc) is 2.37. The van der Waals surface area contributed by atoms with Crippen LogP contribution in [-0.4, -0.2) is 22.4 Å². The van der Waals surface area contributed by atoms with Crippen molar-refractivity contribution in [3.8, 4) is 0 Å². The van der Waals surface area contributed by atoms with Gasteiger partial charge in [0.05, 0.1) is 0 Å². The van der Waals surface area contributed by atoms with Crippen LogP contribution in [0.1, 0.15) is 30.1 Å². The number of halogens is 4. The van der Waals surface area contributed by atoms with Crippen LogP contribution in [0.5, 0.6) is 0 Å². The van der Waals surface area contributed by atoms with Gasteiger partial charge in [-0.3, -0.25) is 10.1 Å². The molecule has 1 aromatic rings. The second-order valence-corrected chi connectivity index (χ2v) is 7.55. The van der Waals surface area contributed by atoms with E-state index in [4.69, 9.17) is 34.8 Å². The summed E-state index contributed by atoms with van der Waals surface area (Å²) in [4.78, 5) is 12.1. The van der Waals surface area contributed by atoms with Crippen molar-refractivity contribution in [2.75, 3.05) is 6.54 Å². The Hall–Kier alpha value is -0.000000000000000111. The number of benzene rings is 1. The standard InChI is InChI=1S/C13H16BrCl3N2O/c1-2-3-8-18-12(13(15,16)17)19-11(20)9-4-6-10(14)7-5-9/h4-7,12,18H,2-3,8H2,1H3,(H,19,20)/t12-/m0/s1. The minimum absolute atomic E-state index is 0.294. The van der Waals surface area contributed by atoms with Crippen LogP contribution in [0.4, 0.5) is 0 Å². The Morgan fingerprint density at radius 1 is 1.30 bits per heavy atom. The van der Waals surface area contributed by atoms with E-state index in [0.717, 1.165) is 17.3 Å². The molecule has 0 aliphatic rings. The summed E-state index contributed by atoms with van der Waals surface area (Å²) in [6, 6.07) is 6.95. The number of carbonyl (C=O) groups is 1. The topological polar surface area (TPSA) is 41.1 Å². The first-order valence-electron chi connectivity index (χ1n) is 6.21. The second kappa shape index (κ2) is 8.44. The molecule has 0 aromatic heterocycles. The molecule has 7 heteroatoms. The highest BCUT2D eigenvalue weighted by Gasteiger charge is 2.33. The molecule has 112 valence electrons. The maximum absolute atomic E-state index is 12.1. The Bertz CT molecular complexity index is 434. The van der Waals surface area contributed by atoms with E-state index >= 15 is 0 Å². The molecule has 1 aromatic carbocycles. The lowest BCUT2D eigenvalue weighted by Gasteiger charge is -2.26. The summed E-state index contributed by atoms with van der Waals surface area (Å²) in [6.07, 6.45) is 1.21. The van der Waals surface area contributed by atoms with Crippen molar-refractivity contribution in [2.45, 2.75) is 29.7 Å². The quantitative estimate of drug-likeness (QED) is 0.424. The maximum atomic E-state index is 12.1. The van der Waals surface area contributed by atoms with Crippen molar-refractivity contribution < 1.29 is 4.79 Å². The first-order chi connectivity index (χ1) is 9.34. The van der Waals surface area contributed by atoms with E-state index < -0.39 is 9.96 Å². The Kier molecular flexibility index (Phi) is 7.62. The molecule has 1 atom stereocenters. The van der Waals surface area contributed by atoms with Crippen molar-refractivity contribution in [3.05, 3.63) is 34.3 Å².